The van der Waals surface area contributed by atoms with Crippen molar-refractivity contribution in [1.29, 1.82) is 0 Å². The van der Waals surface area contributed by atoms with Crippen LogP contribution < -0.4 is 4.90 Å². The van der Waals surface area contributed by atoms with Crippen LogP contribution in [-0.4, -0.2) is 42.0 Å². The van der Waals surface area contributed by atoms with Gasteiger partial charge in [-0.3, -0.25) is 9.69 Å². The number of aliphatic hydroxyl groups excluding tert-OH is 1. The van der Waals surface area contributed by atoms with Gasteiger partial charge in [-0.1, -0.05) is 6.07 Å². The molecule has 1 saturated heterocycles. The van der Waals surface area contributed by atoms with Crippen LogP contribution in [0.15, 0.2) is 18.2 Å². The molecule has 1 aliphatic rings. The van der Waals surface area contributed by atoms with Crippen LogP contribution in [-0.2, 0) is 20.7 Å². The number of anilines is 1. The Morgan fingerprint density at radius 3 is 2.70 bits per heavy atom. The van der Waals surface area contributed by atoms with Gasteiger partial charge in [-0.05, 0) is 38.5 Å². The van der Waals surface area contributed by atoms with Gasteiger partial charge < -0.3 is 14.6 Å². The van der Waals surface area contributed by atoms with Crippen molar-refractivity contribution in [1.82, 2.24) is 0 Å². The molecule has 0 spiro atoms. The summed E-state index contributed by atoms with van der Waals surface area (Å²) in [6.07, 6.45) is -1.44. The largest absolute Gasteiger partial charge is 0.460 e. The highest BCUT2D eigenvalue weighted by molar-refractivity contribution is 5.89. The van der Waals surface area contributed by atoms with Crippen molar-refractivity contribution in [2.75, 3.05) is 18.1 Å². The zero-order valence-corrected chi connectivity index (χ0v) is 13.3. The molecule has 0 aliphatic carbocycles. The molecular weight excluding hydrogens is 305 g/mol. The molecule has 0 radical (unpaired) electrons. The fourth-order valence-electron chi connectivity index (χ4n) is 2.21. The van der Waals surface area contributed by atoms with Crippen LogP contribution in [0.5, 0.6) is 0 Å². The number of halogens is 1. The van der Waals surface area contributed by atoms with Gasteiger partial charge in [0.15, 0.2) is 0 Å². The Bertz CT molecular complexity index is 611. The number of cyclic esters (lactones) is 1. The van der Waals surface area contributed by atoms with Crippen molar-refractivity contribution < 1.29 is 28.6 Å². The van der Waals surface area contributed by atoms with Crippen LogP contribution in [0.3, 0.4) is 0 Å². The molecular formula is C16H20FNO5. The van der Waals surface area contributed by atoms with Crippen LogP contribution in [0.25, 0.3) is 0 Å². The Kier molecular flexibility index (Phi) is 4.89. The SMILES string of the molecule is CC(C)(C)OC(=O)Cc1ccc(N2C[C@H](CO)OC2=O)cc1F. The zero-order valence-electron chi connectivity index (χ0n) is 13.3. The third kappa shape index (κ3) is 4.41. The number of benzene rings is 1. The van der Waals surface area contributed by atoms with Crippen molar-refractivity contribution in [2.45, 2.75) is 38.9 Å². The maximum absolute atomic E-state index is 14.2. The molecule has 6 nitrogen and oxygen atoms in total. The molecule has 1 atom stereocenters. The van der Waals surface area contributed by atoms with E-state index in [1.807, 2.05) is 0 Å². The Labute approximate surface area is 133 Å². The lowest BCUT2D eigenvalue weighted by molar-refractivity contribution is -0.153. The summed E-state index contributed by atoms with van der Waals surface area (Å²) in [7, 11) is 0. The molecule has 23 heavy (non-hydrogen) atoms. The first-order chi connectivity index (χ1) is 10.7. The second kappa shape index (κ2) is 6.54. The first-order valence-electron chi connectivity index (χ1n) is 7.29. The Morgan fingerprint density at radius 2 is 2.17 bits per heavy atom. The lowest BCUT2D eigenvalue weighted by Gasteiger charge is -2.19. The predicted octanol–water partition coefficient (Wildman–Crippen LogP) is 2.03. The third-order valence-electron chi connectivity index (χ3n) is 3.18. The molecule has 0 unspecified atom stereocenters. The highest BCUT2D eigenvalue weighted by Gasteiger charge is 2.32. The second-order valence-corrected chi connectivity index (χ2v) is 6.34. The van der Waals surface area contributed by atoms with Gasteiger partial charge in [-0.2, -0.15) is 0 Å². The topological polar surface area (TPSA) is 76.1 Å². The normalized spacial score (nSPS) is 18.0. The zero-order chi connectivity index (χ0) is 17.2. The smallest absolute Gasteiger partial charge is 0.414 e. The van der Waals surface area contributed by atoms with Crippen molar-refractivity contribution in [2.24, 2.45) is 0 Å². The van der Waals surface area contributed by atoms with Gasteiger partial charge in [-0.25, -0.2) is 9.18 Å². The van der Waals surface area contributed by atoms with Crippen LogP contribution in [0.1, 0.15) is 26.3 Å². The maximum atomic E-state index is 14.2. The van der Waals surface area contributed by atoms with E-state index in [0.717, 1.165) is 0 Å². The minimum atomic E-state index is -0.636. The van der Waals surface area contributed by atoms with E-state index >= 15 is 0 Å². The standard InChI is InChI=1S/C16H20FNO5/c1-16(2,3)23-14(20)6-10-4-5-11(7-13(10)17)18-8-12(9-19)22-15(18)21/h4-5,7,12,19H,6,8-9H2,1-3H3/t12-/m1/s1. The summed E-state index contributed by atoms with van der Waals surface area (Å²) in [5, 5.41) is 9.01. The van der Waals surface area contributed by atoms with E-state index in [9.17, 15) is 14.0 Å². The van der Waals surface area contributed by atoms with E-state index in [1.54, 1.807) is 20.8 Å². The number of hydrogen-bond donors (Lipinski definition) is 1. The average Bonchev–Trinajstić information content (AvgIpc) is 2.80. The number of aliphatic hydroxyl groups is 1. The quantitative estimate of drug-likeness (QED) is 0.857. The second-order valence-electron chi connectivity index (χ2n) is 6.34. The number of carbonyl (C=O) groups excluding carboxylic acids is 2. The number of carbonyl (C=O) groups is 2. The summed E-state index contributed by atoms with van der Waals surface area (Å²) in [5.74, 6) is -1.13. The summed E-state index contributed by atoms with van der Waals surface area (Å²) in [6, 6.07) is 4.14. The third-order valence-corrected chi connectivity index (χ3v) is 3.18. The van der Waals surface area contributed by atoms with Crippen molar-refractivity contribution in [3.63, 3.8) is 0 Å². The molecule has 1 aliphatic heterocycles. The lowest BCUT2D eigenvalue weighted by Crippen LogP contribution is -2.26. The van der Waals surface area contributed by atoms with E-state index in [0.29, 0.717) is 5.69 Å². The van der Waals surface area contributed by atoms with Crippen molar-refractivity contribution in [3.8, 4) is 0 Å². The van der Waals surface area contributed by atoms with Gasteiger partial charge in [-0.15, -0.1) is 0 Å². The first-order valence-corrected chi connectivity index (χ1v) is 7.29. The molecule has 2 rings (SSSR count). The summed E-state index contributed by atoms with van der Waals surface area (Å²) in [6.45, 7) is 5.07. The minimum Gasteiger partial charge on any atom is -0.460 e. The predicted molar refractivity (Wildman–Crippen MR) is 80.6 cm³/mol. The fraction of sp³-hybridized carbons (Fsp3) is 0.500. The van der Waals surface area contributed by atoms with Gasteiger partial charge in [0.05, 0.1) is 25.3 Å². The highest BCUT2D eigenvalue weighted by Crippen LogP contribution is 2.24. The van der Waals surface area contributed by atoms with Crippen LogP contribution >= 0.6 is 0 Å². The number of esters is 1. The number of ether oxygens (including phenoxy) is 2. The maximum Gasteiger partial charge on any atom is 0.414 e. The molecule has 1 heterocycles. The van der Waals surface area contributed by atoms with Crippen LogP contribution in [0, 0.1) is 5.82 Å². The highest BCUT2D eigenvalue weighted by atomic mass is 19.1. The number of hydrogen-bond acceptors (Lipinski definition) is 5. The monoisotopic (exact) mass is 325 g/mol. The fourth-order valence-corrected chi connectivity index (χ4v) is 2.21. The first kappa shape index (κ1) is 17.2. The average molecular weight is 325 g/mol. The van der Waals surface area contributed by atoms with Gasteiger partial charge in [0.25, 0.3) is 0 Å². The van der Waals surface area contributed by atoms with Crippen LogP contribution in [0.4, 0.5) is 14.9 Å². The summed E-state index contributed by atoms with van der Waals surface area (Å²) in [5.41, 5.74) is -0.128. The van der Waals surface area contributed by atoms with Gasteiger partial charge in [0.1, 0.15) is 17.5 Å². The molecule has 7 heteroatoms. The van der Waals surface area contributed by atoms with E-state index in [1.165, 1.54) is 23.1 Å². The van der Waals surface area contributed by atoms with Gasteiger partial charge >= 0.3 is 12.1 Å². The lowest BCUT2D eigenvalue weighted by atomic mass is 10.1. The Hall–Kier alpha value is -2.15. The summed E-state index contributed by atoms with van der Waals surface area (Å²) in [4.78, 5) is 24.7. The molecule has 1 N–H and O–H groups in total. The minimum absolute atomic E-state index is 0.153. The van der Waals surface area contributed by atoms with E-state index < -0.39 is 29.6 Å². The summed E-state index contributed by atoms with van der Waals surface area (Å²) >= 11 is 0. The van der Waals surface area contributed by atoms with E-state index in [2.05, 4.69) is 0 Å². The van der Waals surface area contributed by atoms with E-state index in [4.69, 9.17) is 14.6 Å². The molecule has 0 bridgehead atoms. The molecule has 0 aromatic heterocycles. The molecule has 1 amide bonds. The van der Waals surface area contributed by atoms with Gasteiger partial charge in [0.2, 0.25) is 0 Å². The molecule has 0 saturated carbocycles. The number of amides is 1. The molecule has 1 aromatic rings. The van der Waals surface area contributed by atoms with Crippen molar-refractivity contribution in [3.05, 3.63) is 29.6 Å². The Balaban J connectivity index is 2.09. The van der Waals surface area contributed by atoms with E-state index in [-0.39, 0.29) is 25.1 Å². The molecule has 1 fully saturated rings. The number of nitrogens with zero attached hydrogens (tertiary/aromatic N) is 1. The molecule has 126 valence electrons. The summed E-state index contributed by atoms with van der Waals surface area (Å²) < 4.78 is 24.2. The number of rotatable bonds is 4. The molecule has 1 aromatic carbocycles. The van der Waals surface area contributed by atoms with Crippen LogP contribution in [0.2, 0.25) is 0 Å². The Morgan fingerprint density at radius 1 is 1.48 bits per heavy atom. The van der Waals surface area contributed by atoms with Gasteiger partial charge in [0, 0.05) is 0 Å². The van der Waals surface area contributed by atoms with Crippen molar-refractivity contribution >= 4 is 17.7 Å².